The van der Waals surface area contributed by atoms with E-state index in [0.717, 1.165) is 6.07 Å². The van der Waals surface area contributed by atoms with Crippen molar-refractivity contribution in [1.29, 1.82) is 0 Å². The molecule has 138 valence electrons. The fraction of sp³-hybridized carbons (Fsp3) is 0.150. The highest BCUT2D eigenvalue weighted by molar-refractivity contribution is 6.08. The van der Waals surface area contributed by atoms with E-state index in [-0.39, 0.29) is 29.0 Å². The number of hydrogen-bond acceptors (Lipinski definition) is 6. The van der Waals surface area contributed by atoms with Gasteiger partial charge < -0.3 is 19.2 Å². The van der Waals surface area contributed by atoms with Crippen molar-refractivity contribution in [2.45, 2.75) is 6.92 Å². The van der Waals surface area contributed by atoms with Crippen molar-refractivity contribution in [3.05, 3.63) is 70.1 Å². The van der Waals surface area contributed by atoms with Gasteiger partial charge in [-0.1, -0.05) is 6.07 Å². The molecule has 0 aliphatic carbocycles. The Bertz CT molecular complexity index is 1050. The SMILES string of the molecule is CCOC(=O)c1cc(=O)c2cccc(NC(=O)c3ccc(OC)cc3)c2o1. The lowest BCUT2D eigenvalue weighted by Gasteiger charge is -2.09. The van der Waals surface area contributed by atoms with Gasteiger partial charge in [0.05, 0.1) is 24.8 Å². The van der Waals surface area contributed by atoms with Crippen LogP contribution in [0.3, 0.4) is 0 Å². The number of ether oxygens (including phenoxy) is 2. The molecule has 0 spiro atoms. The van der Waals surface area contributed by atoms with Crippen LogP contribution in [0.15, 0.2) is 57.7 Å². The molecule has 1 heterocycles. The fourth-order valence-corrected chi connectivity index (χ4v) is 2.52. The second-order valence-electron chi connectivity index (χ2n) is 5.56. The van der Waals surface area contributed by atoms with Gasteiger partial charge in [0.25, 0.3) is 5.91 Å². The van der Waals surface area contributed by atoms with Crippen LogP contribution in [0.25, 0.3) is 11.0 Å². The Labute approximate surface area is 154 Å². The molecule has 0 aliphatic rings. The van der Waals surface area contributed by atoms with E-state index in [2.05, 4.69) is 5.32 Å². The predicted octanol–water partition coefficient (Wildman–Crippen LogP) is 3.23. The van der Waals surface area contributed by atoms with Crippen LogP contribution in [0.2, 0.25) is 0 Å². The van der Waals surface area contributed by atoms with Gasteiger partial charge in [-0.15, -0.1) is 0 Å². The van der Waals surface area contributed by atoms with E-state index in [1.807, 2.05) is 0 Å². The average Bonchev–Trinajstić information content (AvgIpc) is 2.68. The lowest BCUT2D eigenvalue weighted by molar-refractivity contribution is 0.0490. The summed E-state index contributed by atoms with van der Waals surface area (Å²) in [5.41, 5.74) is 0.378. The van der Waals surface area contributed by atoms with Gasteiger partial charge in [0.15, 0.2) is 11.0 Å². The van der Waals surface area contributed by atoms with Gasteiger partial charge >= 0.3 is 5.97 Å². The van der Waals surface area contributed by atoms with Gasteiger partial charge in [-0.25, -0.2) is 4.79 Å². The van der Waals surface area contributed by atoms with Gasteiger partial charge in [0.1, 0.15) is 5.75 Å². The summed E-state index contributed by atoms with van der Waals surface area (Å²) in [4.78, 5) is 36.7. The Hall–Kier alpha value is -3.61. The second kappa shape index (κ2) is 7.74. The summed E-state index contributed by atoms with van der Waals surface area (Å²) >= 11 is 0. The molecule has 0 saturated carbocycles. The summed E-state index contributed by atoms with van der Waals surface area (Å²) in [6.07, 6.45) is 0. The Morgan fingerprint density at radius 1 is 1.11 bits per heavy atom. The number of carbonyl (C=O) groups excluding carboxylic acids is 2. The van der Waals surface area contributed by atoms with E-state index in [9.17, 15) is 14.4 Å². The monoisotopic (exact) mass is 367 g/mol. The average molecular weight is 367 g/mol. The number of fused-ring (bicyclic) bond motifs is 1. The Balaban J connectivity index is 1.99. The Morgan fingerprint density at radius 2 is 1.85 bits per heavy atom. The molecule has 1 N–H and O–H groups in total. The first kappa shape index (κ1) is 18.2. The molecule has 3 rings (SSSR count). The van der Waals surface area contributed by atoms with Gasteiger partial charge in [-0.05, 0) is 43.3 Å². The van der Waals surface area contributed by atoms with Crippen molar-refractivity contribution in [3.63, 3.8) is 0 Å². The minimum Gasteiger partial charge on any atom is -0.497 e. The second-order valence-corrected chi connectivity index (χ2v) is 5.56. The Kier molecular flexibility index (Phi) is 5.21. The fourth-order valence-electron chi connectivity index (χ4n) is 2.52. The summed E-state index contributed by atoms with van der Waals surface area (Å²) < 4.78 is 15.5. The summed E-state index contributed by atoms with van der Waals surface area (Å²) in [7, 11) is 1.54. The van der Waals surface area contributed by atoms with Gasteiger partial charge in [0.2, 0.25) is 5.76 Å². The van der Waals surface area contributed by atoms with Crippen LogP contribution in [0.5, 0.6) is 5.75 Å². The highest BCUT2D eigenvalue weighted by atomic mass is 16.5. The zero-order valence-electron chi connectivity index (χ0n) is 14.8. The zero-order valence-corrected chi connectivity index (χ0v) is 14.8. The molecule has 0 fully saturated rings. The summed E-state index contributed by atoms with van der Waals surface area (Å²) in [6, 6.07) is 12.4. The van der Waals surface area contributed by atoms with Crippen LogP contribution in [0, 0.1) is 0 Å². The molecule has 7 heteroatoms. The van der Waals surface area contributed by atoms with Crippen LogP contribution < -0.4 is 15.5 Å². The molecule has 1 aromatic heterocycles. The van der Waals surface area contributed by atoms with Crippen molar-refractivity contribution in [2.75, 3.05) is 19.0 Å². The van der Waals surface area contributed by atoms with Crippen LogP contribution in [-0.4, -0.2) is 25.6 Å². The number of methoxy groups -OCH3 is 1. The molecule has 0 unspecified atom stereocenters. The zero-order chi connectivity index (χ0) is 19.4. The molecule has 0 bridgehead atoms. The number of rotatable bonds is 5. The predicted molar refractivity (Wildman–Crippen MR) is 99.4 cm³/mol. The van der Waals surface area contributed by atoms with E-state index in [1.165, 1.54) is 7.11 Å². The van der Waals surface area contributed by atoms with E-state index in [0.29, 0.717) is 11.3 Å². The number of benzene rings is 2. The van der Waals surface area contributed by atoms with Crippen LogP contribution >= 0.6 is 0 Å². The Morgan fingerprint density at radius 3 is 2.52 bits per heavy atom. The molecule has 0 radical (unpaired) electrons. The maximum Gasteiger partial charge on any atom is 0.374 e. The number of anilines is 1. The van der Waals surface area contributed by atoms with Crippen LogP contribution in [0.4, 0.5) is 5.69 Å². The third-order valence-corrected chi connectivity index (χ3v) is 3.83. The third kappa shape index (κ3) is 3.82. The summed E-state index contributed by atoms with van der Waals surface area (Å²) in [5.74, 6) is -0.732. The first-order chi connectivity index (χ1) is 13.0. The number of esters is 1. The lowest BCUT2D eigenvalue weighted by Crippen LogP contribution is -2.14. The maximum absolute atomic E-state index is 12.5. The van der Waals surface area contributed by atoms with Gasteiger partial charge in [-0.3, -0.25) is 9.59 Å². The third-order valence-electron chi connectivity index (χ3n) is 3.83. The van der Waals surface area contributed by atoms with Crippen molar-refractivity contribution < 1.29 is 23.5 Å². The first-order valence-corrected chi connectivity index (χ1v) is 8.23. The van der Waals surface area contributed by atoms with Gasteiger partial charge in [-0.2, -0.15) is 0 Å². The molecule has 0 saturated heterocycles. The van der Waals surface area contributed by atoms with Crippen molar-refractivity contribution >= 4 is 28.5 Å². The van der Waals surface area contributed by atoms with Crippen LogP contribution in [-0.2, 0) is 4.74 Å². The van der Waals surface area contributed by atoms with Crippen molar-refractivity contribution in [1.82, 2.24) is 0 Å². The van der Waals surface area contributed by atoms with Gasteiger partial charge in [0, 0.05) is 11.6 Å². The van der Waals surface area contributed by atoms with E-state index < -0.39 is 17.3 Å². The molecular weight excluding hydrogens is 350 g/mol. The first-order valence-electron chi connectivity index (χ1n) is 8.23. The lowest BCUT2D eigenvalue weighted by atomic mass is 10.1. The smallest absolute Gasteiger partial charge is 0.374 e. The number of hydrogen-bond donors (Lipinski definition) is 1. The highest BCUT2D eigenvalue weighted by Gasteiger charge is 2.16. The minimum absolute atomic E-state index is 0.106. The van der Waals surface area contributed by atoms with E-state index >= 15 is 0 Å². The molecule has 27 heavy (non-hydrogen) atoms. The van der Waals surface area contributed by atoms with Crippen LogP contribution in [0.1, 0.15) is 27.8 Å². The molecule has 1 amide bonds. The number of carbonyl (C=O) groups is 2. The van der Waals surface area contributed by atoms with E-state index in [1.54, 1.807) is 49.4 Å². The molecule has 7 nitrogen and oxygen atoms in total. The topological polar surface area (TPSA) is 94.8 Å². The standard InChI is InChI=1S/C20H17NO6/c1-3-26-20(24)17-11-16(22)14-5-4-6-15(18(14)27-17)21-19(23)12-7-9-13(25-2)10-8-12/h4-11H,3H2,1-2H3,(H,21,23). The summed E-state index contributed by atoms with van der Waals surface area (Å²) in [6.45, 7) is 1.80. The molecule has 0 atom stereocenters. The number of nitrogens with one attached hydrogen (secondary N) is 1. The van der Waals surface area contributed by atoms with Crippen molar-refractivity contribution in [3.8, 4) is 5.75 Å². The number of amides is 1. The van der Waals surface area contributed by atoms with E-state index in [4.69, 9.17) is 13.9 Å². The molecule has 3 aromatic rings. The summed E-state index contributed by atoms with van der Waals surface area (Å²) in [5, 5.41) is 2.95. The largest absolute Gasteiger partial charge is 0.497 e. The molecule has 0 aliphatic heterocycles. The maximum atomic E-state index is 12.5. The number of para-hydroxylation sites is 1. The quantitative estimate of drug-likeness (QED) is 0.696. The molecule has 2 aromatic carbocycles. The molecular formula is C20H17NO6. The highest BCUT2D eigenvalue weighted by Crippen LogP contribution is 2.23. The van der Waals surface area contributed by atoms with Crippen molar-refractivity contribution in [2.24, 2.45) is 0 Å². The normalized spacial score (nSPS) is 10.4. The minimum atomic E-state index is -0.743.